The summed E-state index contributed by atoms with van der Waals surface area (Å²) in [5.74, 6) is 0.784. The van der Waals surface area contributed by atoms with E-state index in [2.05, 4.69) is 10.3 Å². The number of rotatable bonds is 6. The Kier molecular flexibility index (Phi) is 3.54. The number of nitrogens with zero attached hydrogens (tertiary/aromatic N) is 1. The van der Waals surface area contributed by atoms with Gasteiger partial charge in [-0.15, -0.1) is 0 Å². The molecule has 0 unspecified atom stereocenters. The minimum absolute atomic E-state index is 0.254. The van der Waals surface area contributed by atoms with Gasteiger partial charge in [-0.05, 0) is 18.8 Å². The summed E-state index contributed by atoms with van der Waals surface area (Å²) in [5.41, 5.74) is 0.254. The molecule has 20 heavy (non-hydrogen) atoms. The van der Waals surface area contributed by atoms with Crippen LogP contribution >= 0.6 is 0 Å². The second-order valence-electron chi connectivity index (χ2n) is 5.38. The van der Waals surface area contributed by atoms with E-state index in [-0.39, 0.29) is 5.56 Å². The first-order valence-electron chi connectivity index (χ1n) is 7.10. The van der Waals surface area contributed by atoms with E-state index in [4.69, 9.17) is 0 Å². The number of nitrogens with one attached hydrogen (secondary N) is 1. The molecule has 2 aromatic rings. The topological polar surface area (TPSA) is 62.2 Å². The zero-order chi connectivity index (χ0) is 13.9. The smallest absolute Gasteiger partial charge is 0.337 e. The summed E-state index contributed by atoms with van der Waals surface area (Å²) < 4.78 is 0. The molecule has 2 N–H and O–H groups in total. The van der Waals surface area contributed by atoms with Gasteiger partial charge < -0.3 is 10.4 Å². The average Bonchev–Trinajstić information content (AvgIpc) is 3.27. The molecule has 1 heterocycles. The third kappa shape index (κ3) is 2.74. The second-order valence-corrected chi connectivity index (χ2v) is 5.38. The number of anilines is 1. The van der Waals surface area contributed by atoms with Crippen molar-refractivity contribution in [2.45, 2.75) is 25.7 Å². The fraction of sp³-hybridized carbons (Fsp3) is 0.375. The Morgan fingerprint density at radius 2 is 2.05 bits per heavy atom. The highest BCUT2D eigenvalue weighted by Crippen LogP contribution is 2.33. The van der Waals surface area contributed by atoms with Crippen LogP contribution in [0.15, 0.2) is 30.5 Å². The third-order valence-electron chi connectivity index (χ3n) is 3.80. The van der Waals surface area contributed by atoms with Crippen LogP contribution in [0, 0.1) is 5.92 Å². The van der Waals surface area contributed by atoms with Crippen molar-refractivity contribution in [2.24, 2.45) is 5.92 Å². The normalized spacial score (nSPS) is 14.4. The number of carboxylic acid groups (broad SMARTS) is 1. The maximum atomic E-state index is 11.2. The van der Waals surface area contributed by atoms with Crippen LogP contribution < -0.4 is 5.32 Å². The molecule has 1 aliphatic carbocycles. The molecule has 4 nitrogen and oxygen atoms in total. The van der Waals surface area contributed by atoms with Crippen molar-refractivity contribution in [3.05, 3.63) is 36.0 Å². The van der Waals surface area contributed by atoms with Gasteiger partial charge >= 0.3 is 5.97 Å². The molecular formula is C16H18N2O2. The highest BCUT2D eigenvalue weighted by atomic mass is 16.4. The van der Waals surface area contributed by atoms with Crippen LogP contribution in [0.2, 0.25) is 0 Å². The highest BCUT2D eigenvalue weighted by Gasteiger charge is 2.20. The Labute approximate surface area is 117 Å². The molecule has 1 fully saturated rings. The largest absolute Gasteiger partial charge is 0.478 e. The Hall–Kier alpha value is -2.10. The maximum absolute atomic E-state index is 11.2. The standard InChI is InChI=1S/C16H18N2O2/c19-16(20)14-10-18-15(13-6-2-1-5-12(13)14)17-9-3-4-11-7-8-11/h1-2,5-6,10-11H,3-4,7-9H2,(H,17,18)(H,19,20). The van der Waals surface area contributed by atoms with Crippen LogP contribution in [0.1, 0.15) is 36.0 Å². The van der Waals surface area contributed by atoms with E-state index >= 15 is 0 Å². The van der Waals surface area contributed by atoms with Crippen LogP contribution in [0.5, 0.6) is 0 Å². The molecule has 0 amide bonds. The van der Waals surface area contributed by atoms with Gasteiger partial charge in [0.2, 0.25) is 0 Å². The second kappa shape index (κ2) is 5.49. The zero-order valence-corrected chi connectivity index (χ0v) is 11.3. The van der Waals surface area contributed by atoms with Crippen molar-refractivity contribution < 1.29 is 9.90 Å². The minimum Gasteiger partial charge on any atom is -0.478 e. The molecule has 4 heteroatoms. The fourth-order valence-corrected chi connectivity index (χ4v) is 2.51. The van der Waals surface area contributed by atoms with Crippen LogP contribution in [-0.4, -0.2) is 22.6 Å². The molecule has 3 rings (SSSR count). The number of hydrogen-bond acceptors (Lipinski definition) is 3. The Balaban J connectivity index is 1.79. The summed E-state index contributed by atoms with van der Waals surface area (Å²) in [4.78, 5) is 15.5. The zero-order valence-electron chi connectivity index (χ0n) is 11.3. The van der Waals surface area contributed by atoms with Crippen LogP contribution in [0.3, 0.4) is 0 Å². The number of pyridine rings is 1. The van der Waals surface area contributed by atoms with Crippen molar-refractivity contribution >= 4 is 22.6 Å². The summed E-state index contributed by atoms with van der Waals surface area (Å²) in [6.07, 6.45) is 6.62. The summed E-state index contributed by atoms with van der Waals surface area (Å²) in [7, 11) is 0. The molecule has 1 aromatic carbocycles. The SMILES string of the molecule is O=C(O)c1cnc(NCCCC2CC2)c2ccccc12. The lowest BCUT2D eigenvalue weighted by molar-refractivity contribution is 0.0698. The lowest BCUT2D eigenvalue weighted by atomic mass is 10.1. The van der Waals surface area contributed by atoms with Gasteiger partial charge in [0.05, 0.1) is 5.56 Å². The first-order valence-corrected chi connectivity index (χ1v) is 7.10. The van der Waals surface area contributed by atoms with E-state index < -0.39 is 5.97 Å². The van der Waals surface area contributed by atoms with Crippen LogP contribution in [0.4, 0.5) is 5.82 Å². The Bertz CT molecular complexity index is 635. The van der Waals surface area contributed by atoms with Crippen molar-refractivity contribution in [1.29, 1.82) is 0 Å². The molecule has 0 atom stereocenters. The molecule has 1 aliphatic rings. The van der Waals surface area contributed by atoms with Crippen molar-refractivity contribution in [2.75, 3.05) is 11.9 Å². The van der Waals surface area contributed by atoms with Gasteiger partial charge in [-0.3, -0.25) is 0 Å². The van der Waals surface area contributed by atoms with E-state index in [0.717, 1.165) is 35.5 Å². The molecule has 0 bridgehead atoms. The fourth-order valence-electron chi connectivity index (χ4n) is 2.51. The van der Waals surface area contributed by atoms with Crippen molar-refractivity contribution in [3.8, 4) is 0 Å². The number of aromatic carboxylic acids is 1. The van der Waals surface area contributed by atoms with Crippen LogP contribution in [0.25, 0.3) is 10.8 Å². The first-order chi connectivity index (χ1) is 9.75. The highest BCUT2D eigenvalue weighted by molar-refractivity contribution is 6.06. The number of carbonyl (C=O) groups is 1. The number of aromatic nitrogens is 1. The predicted molar refractivity (Wildman–Crippen MR) is 79.2 cm³/mol. The van der Waals surface area contributed by atoms with Gasteiger partial charge in [-0.25, -0.2) is 9.78 Å². The molecule has 104 valence electrons. The van der Waals surface area contributed by atoms with Gasteiger partial charge in [-0.1, -0.05) is 37.1 Å². The van der Waals surface area contributed by atoms with E-state index in [1.54, 1.807) is 0 Å². The molecular weight excluding hydrogens is 252 g/mol. The summed E-state index contributed by atoms with van der Waals surface area (Å²) in [6.45, 7) is 0.889. The molecule has 0 spiro atoms. The molecule has 0 aliphatic heterocycles. The molecule has 1 saturated carbocycles. The summed E-state index contributed by atoms with van der Waals surface area (Å²) in [6, 6.07) is 7.50. The van der Waals surface area contributed by atoms with Gasteiger partial charge in [0.15, 0.2) is 0 Å². The Morgan fingerprint density at radius 3 is 2.75 bits per heavy atom. The lowest BCUT2D eigenvalue weighted by Gasteiger charge is -2.10. The van der Waals surface area contributed by atoms with Gasteiger partial charge in [0.1, 0.15) is 5.82 Å². The predicted octanol–water partition coefficient (Wildman–Crippen LogP) is 3.54. The number of fused-ring (bicyclic) bond motifs is 1. The molecule has 0 saturated heterocycles. The first kappa shape index (κ1) is 12.9. The van der Waals surface area contributed by atoms with Gasteiger partial charge in [-0.2, -0.15) is 0 Å². The summed E-state index contributed by atoms with van der Waals surface area (Å²) >= 11 is 0. The van der Waals surface area contributed by atoms with Crippen molar-refractivity contribution in [3.63, 3.8) is 0 Å². The molecule has 1 aromatic heterocycles. The van der Waals surface area contributed by atoms with E-state index in [9.17, 15) is 9.90 Å². The van der Waals surface area contributed by atoms with Crippen LogP contribution in [-0.2, 0) is 0 Å². The maximum Gasteiger partial charge on any atom is 0.337 e. The number of carboxylic acids is 1. The van der Waals surface area contributed by atoms with E-state index in [1.807, 2.05) is 24.3 Å². The average molecular weight is 270 g/mol. The van der Waals surface area contributed by atoms with E-state index in [0.29, 0.717) is 0 Å². The summed E-state index contributed by atoms with van der Waals surface area (Å²) in [5, 5.41) is 14.1. The monoisotopic (exact) mass is 270 g/mol. The number of benzene rings is 1. The quantitative estimate of drug-likeness (QED) is 0.788. The van der Waals surface area contributed by atoms with Crippen molar-refractivity contribution in [1.82, 2.24) is 4.98 Å². The minimum atomic E-state index is -0.936. The van der Waals surface area contributed by atoms with Gasteiger partial charge in [0, 0.05) is 23.5 Å². The third-order valence-corrected chi connectivity index (χ3v) is 3.80. The lowest BCUT2D eigenvalue weighted by Crippen LogP contribution is -2.06. The number of hydrogen-bond donors (Lipinski definition) is 2. The van der Waals surface area contributed by atoms with E-state index in [1.165, 1.54) is 25.5 Å². The Morgan fingerprint density at radius 1 is 1.30 bits per heavy atom. The van der Waals surface area contributed by atoms with Gasteiger partial charge in [0.25, 0.3) is 0 Å². The molecule has 0 radical (unpaired) electrons.